The SMILES string of the molecule is C[C@@H](CNC(=O)CN(C)Cc1ccco1)c1nc2ccccc2s1. The second-order valence-electron chi connectivity index (χ2n) is 5.98. The van der Waals surface area contributed by atoms with E-state index in [-0.39, 0.29) is 11.8 Å². The van der Waals surface area contributed by atoms with Crippen molar-refractivity contribution >= 4 is 27.5 Å². The lowest BCUT2D eigenvalue weighted by Crippen LogP contribution is -2.36. The molecule has 0 aliphatic carbocycles. The van der Waals surface area contributed by atoms with E-state index in [0.717, 1.165) is 16.3 Å². The highest BCUT2D eigenvalue weighted by Crippen LogP contribution is 2.26. The van der Waals surface area contributed by atoms with Gasteiger partial charge in [-0.3, -0.25) is 9.69 Å². The van der Waals surface area contributed by atoms with E-state index in [1.807, 2.05) is 42.3 Å². The highest BCUT2D eigenvalue weighted by Gasteiger charge is 2.14. The molecule has 0 radical (unpaired) electrons. The Bertz CT molecular complexity index is 765. The van der Waals surface area contributed by atoms with Gasteiger partial charge in [0, 0.05) is 12.5 Å². The summed E-state index contributed by atoms with van der Waals surface area (Å²) >= 11 is 1.69. The summed E-state index contributed by atoms with van der Waals surface area (Å²) < 4.78 is 6.47. The van der Waals surface area contributed by atoms with E-state index < -0.39 is 0 Å². The van der Waals surface area contributed by atoms with Crippen LogP contribution in [-0.4, -0.2) is 35.9 Å². The van der Waals surface area contributed by atoms with Crippen molar-refractivity contribution in [2.75, 3.05) is 20.1 Å². The molecule has 0 fully saturated rings. The monoisotopic (exact) mass is 343 g/mol. The van der Waals surface area contributed by atoms with Crippen LogP contribution in [0.3, 0.4) is 0 Å². The number of rotatable bonds is 7. The molecule has 24 heavy (non-hydrogen) atoms. The number of nitrogens with zero attached hydrogens (tertiary/aromatic N) is 2. The first-order chi connectivity index (χ1) is 11.6. The van der Waals surface area contributed by atoms with Crippen LogP contribution in [-0.2, 0) is 11.3 Å². The molecule has 0 aliphatic rings. The zero-order valence-electron chi connectivity index (χ0n) is 13.9. The maximum Gasteiger partial charge on any atom is 0.234 e. The Morgan fingerprint density at radius 1 is 1.33 bits per heavy atom. The Balaban J connectivity index is 1.48. The maximum absolute atomic E-state index is 12.1. The standard InChI is InChI=1S/C18H21N3O2S/c1-13(18-20-15-7-3-4-8-16(15)24-18)10-19-17(22)12-21(2)11-14-6-5-9-23-14/h3-9,13H,10-12H2,1-2H3,(H,19,22)/t13-/m0/s1. The van der Waals surface area contributed by atoms with Gasteiger partial charge in [-0.15, -0.1) is 11.3 Å². The number of carbonyl (C=O) groups is 1. The average molecular weight is 343 g/mol. The summed E-state index contributed by atoms with van der Waals surface area (Å²) in [5, 5.41) is 4.05. The smallest absolute Gasteiger partial charge is 0.234 e. The van der Waals surface area contributed by atoms with Crippen molar-refractivity contribution in [2.45, 2.75) is 19.4 Å². The second-order valence-corrected chi connectivity index (χ2v) is 7.04. The topological polar surface area (TPSA) is 58.4 Å². The van der Waals surface area contributed by atoms with Crippen molar-refractivity contribution in [1.82, 2.24) is 15.2 Å². The average Bonchev–Trinajstić information content (AvgIpc) is 3.21. The summed E-state index contributed by atoms with van der Waals surface area (Å²) in [5.41, 5.74) is 1.02. The van der Waals surface area contributed by atoms with Gasteiger partial charge in [0.15, 0.2) is 0 Å². The van der Waals surface area contributed by atoms with Crippen molar-refractivity contribution in [3.63, 3.8) is 0 Å². The molecule has 3 rings (SSSR count). The fourth-order valence-corrected chi connectivity index (χ4v) is 3.50. The summed E-state index contributed by atoms with van der Waals surface area (Å²) in [6.45, 7) is 3.64. The predicted molar refractivity (Wildman–Crippen MR) is 96.1 cm³/mol. The Kier molecular flexibility index (Phi) is 5.27. The van der Waals surface area contributed by atoms with Gasteiger partial charge in [-0.05, 0) is 31.3 Å². The molecular weight excluding hydrogens is 322 g/mol. The summed E-state index contributed by atoms with van der Waals surface area (Å²) in [6, 6.07) is 11.9. The highest BCUT2D eigenvalue weighted by atomic mass is 32.1. The Morgan fingerprint density at radius 3 is 2.92 bits per heavy atom. The van der Waals surface area contributed by atoms with Crippen LogP contribution in [0.15, 0.2) is 47.1 Å². The van der Waals surface area contributed by atoms with Gasteiger partial charge in [0.05, 0.1) is 34.6 Å². The van der Waals surface area contributed by atoms with Gasteiger partial charge in [0.25, 0.3) is 0 Å². The van der Waals surface area contributed by atoms with Crippen molar-refractivity contribution in [1.29, 1.82) is 0 Å². The third-order valence-corrected chi connectivity index (χ3v) is 5.02. The van der Waals surface area contributed by atoms with E-state index in [1.54, 1.807) is 17.6 Å². The van der Waals surface area contributed by atoms with E-state index >= 15 is 0 Å². The number of furan rings is 1. The first-order valence-electron chi connectivity index (χ1n) is 7.95. The number of carbonyl (C=O) groups excluding carboxylic acids is 1. The number of amides is 1. The molecule has 6 heteroatoms. The first kappa shape index (κ1) is 16.7. The molecule has 0 spiro atoms. The summed E-state index contributed by atoms with van der Waals surface area (Å²) in [6.07, 6.45) is 1.64. The number of benzene rings is 1. The fourth-order valence-electron chi connectivity index (χ4n) is 2.48. The molecule has 0 bridgehead atoms. The number of thiazole rings is 1. The Morgan fingerprint density at radius 2 is 2.17 bits per heavy atom. The van der Waals surface area contributed by atoms with E-state index in [1.165, 1.54) is 4.70 Å². The minimum absolute atomic E-state index is 0.0111. The Labute approximate surface area is 145 Å². The van der Waals surface area contributed by atoms with Crippen molar-refractivity contribution < 1.29 is 9.21 Å². The molecule has 0 aliphatic heterocycles. The molecule has 2 heterocycles. The largest absolute Gasteiger partial charge is 0.468 e. The first-order valence-corrected chi connectivity index (χ1v) is 8.76. The minimum atomic E-state index is 0.0111. The van der Waals surface area contributed by atoms with Gasteiger partial charge in [0.2, 0.25) is 5.91 Å². The van der Waals surface area contributed by atoms with Gasteiger partial charge < -0.3 is 9.73 Å². The number of nitrogens with one attached hydrogen (secondary N) is 1. The second kappa shape index (κ2) is 7.59. The van der Waals surface area contributed by atoms with Gasteiger partial charge in [0.1, 0.15) is 5.76 Å². The van der Waals surface area contributed by atoms with E-state index in [4.69, 9.17) is 4.42 Å². The van der Waals surface area contributed by atoms with Gasteiger partial charge in [-0.1, -0.05) is 19.1 Å². The van der Waals surface area contributed by atoms with Crippen LogP contribution < -0.4 is 5.32 Å². The quantitative estimate of drug-likeness (QED) is 0.715. The van der Waals surface area contributed by atoms with E-state index in [2.05, 4.69) is 23.3 Å². The number of hydrogen-bond donors (Lipinski definition) is 1. The molecule has 2 aromatic heterocycles. The van der Waals surface area contributed by atoms with Crippen LogP contribution >= 0.6 is 11.3 Å². The molecular formula is C18H21N3O2S. The normalized spacial score (nSPS) is 12.6. The summed E-state index contributed by atoms with van der Waals surface area (Å²) in [7, 11) is 1.90. The van der Waals surface area contributed by atoms with E-state index in [0.29, 0.717) is 19.6 Å². The van der Waals surface area contributed by atoms with Gasteiger partial charge >= 0.3 is 0 Å². The van der Waals surface area contributed by atoms with Crippen LogP contribution in [0.2, 0.25) is 0 Å². The summed E-state index contributed by atoms with van der Waals surface area (Å²) in [5.74, 6) is 1.06. The zero-order valence-corrected chi connectivity index (χ0v) is 14.7. The van der Waals surface area contributed by atoms with Crippen molar-refractivity contribution in [3.8, 4) is 0 Å². The number of likely N-dealkylation sites (N-methyl/N-ethyl adjacent to an activating group) is 1. The minimum Gasteiger partial charge on any atom is -0.468 e. The van der Waals surface area contributed by atoms with Crippen LogP contribution in [0, 0.1) is 0 Å². The van der Waals surface area contributed by atoms with Crippen LogP contribution in [0.4, 0.5) is 0 Å². The lowest BCUT2D eigenvalue weighted by atomic mass is 10.2. The van der Waals surface area contributed by atoms with Gasteiger partial charge in [-0.25, -0.2) is 4.98 Å². The van der Waals surface area contributed by atoms with Gasteiger partial charge in [-0.2, -0.15) is 0 Å². The van der Waals surface area contributed by atoms with Crippen LogP contribution in [0.5, 0.6) is 0 Å². The molecule has 0 unspecified atom stereocenters. The number of fused-ring (bicyclic) bond motifs is 1. The lowest BCUT2D eigenvalue weighted by molar-refractivity contribution is -0.122. The molecule has 1 N–H and O–H groups in total. The fraction of sp³-hybridized carbons (Fsp3) is 0.333. The third kappa shape index (κ3) is 4.21. The zero-order chi connectivity index (χ0) is 16.9. The van der Waals surface area contributed by atoms with Crippen LogP contribution in [0.1, 0.15) is 23.6 Å². The lowest BCUT2D eigenvalue weighted by Gasteiger charge is -2.16. The third-order valence-electron chi connectivity index (χ3n) is 3.76. The number of para-hydroxylation sites is 1. The number of aromatic nitrogens is 1. The Hall–Kier alpha value is -2.18. The molecule has 126 valence electrons. The van der Waals surface area contributed by atoms with Crippen molar-refractivity contribution in [3.05, 3.63) is 53.4 Å². The molecule has 1 aromatic carbocycles. The molecule has 1 amide bonds. The molecule has 3 aromatic rings. The molecule has 0 saturated carbocycles. The van der Waals surface area contributed by atoms with Crippen molar-refractivity contribution in [2.24, 2.45) is 0 Å². The van der Waals surface area contributed by atoms with E-state index in [9.17, 15) is 4.79 Å². The number of hydrogen-bond acceptors (Lipinski definition) is 5. The molecule has 0 saturated heterocycles. The predicted octanol–water partition coefficient (Wildman–Crippen LogP) is 3.24. The van der Waals surface area contributed by atoms with Crippen LogP contribution in [0.25, 0.3) is 10.2 Å². The maximum atomic E-state index is 12.1. The molecule has 1 atom stereocenters. The highest BCUT2D eigenvalue weighted by molar-refractivity contribution is 7.18. The molecule has 5 nitrogen and oxygen atoms in total. The summed E-state index contributed by atoms with van der Waals surface area (Å²) in [4.78, 5) is 18.7.